The van der Waals surface area contributed by atoms with E-state index >= 15 is 0 Å². The summed E-state index contributed by atoms with van der Waals surface area (Å²) in [6.45, 7) is 4.75. The Labute approximate surface area is 158 Å². The van der Waals surface area contributed by atoms with Gasteiger partial charge in [-0.1, -0.05) is 12.1 Å². The third-order valence-corrected chi connectivity index (χ3v) is 4.75. The Morgan fingerprint density at radius 2 is 2.07 bits per heavy atom. The molecule has 0 aromatic heterocycles. The number of nitriles is 1. The maximum Gasteiger partial charge on any atom is 0.159 e. The molecule has 140 valence electrons. The summed E-state index contributed by atoms with van der Waals surface area (Å²) in [5.74, 6) is -0.334. The van der Waals surface area contributed by atoms with Gasteiger partial charge in [0.15, 0.2) is 5.78 Å². The lowest BCUT2D eigenvalue weighted by Crippen LogP contribution is -2.41. The van der Waals surface area contributed by atoms with Crippen molar-refractivity contribution in [3.8, 4) is 6.07 Å². The molecule has 2 aromatic carbocycles. The number of ketones is 1. The van der Waals surface area contributed by atoms with E-state index in [2.05, 4.69) is 16.3 Å². The molecule has 0 aliphatic carbocycles. The molecule has 1 fully saturated rings. The molecule has 1 aliphatic rings. The first-order valence-corrected chi connectivity index (χ1v) is 8.94. The highest BCUT2D eigenvalue weighted by atomic mass is 19.1. The third-order valence-electron chi connectivity index (χ3n) is 4.75. The van der Waals surface area contributed by atoms with Gasteiger partial charge < -0.3 is 10.1 Å². The van der Waals surface area contributed by atoms with Gasteiger partial charge in [0.25, 0.3) is 0 Å². The van der Waals surface area contributed by atoms with Crippen LogP contribution in [0.25, 0.3) is 0 Å². The fourth-order valence-corrected chi connectivity index (χ4v) is 3.27. The van der Waals surface area contributed by atoms with Crippen molar-refractivity contribution in [2.24, 2.45) is 0 Å². The van der Waals surface area contributed by atoms with Crippen LogP contribution >= 0.6 is 0 Å². The van der Waals surface area contributed by atoms with Crippen LogP contribution in [0.2, 0.25) is 0 Å². The molecule has 0 bridgehead atoms. The Hall–Kier alpha value is -2.75. The molecule has 0 saturated carbocycles. The van der Waals surface area contributed by atoms with E-state index < -0.39 is 0 Å². The van der Waals surface area contributed by atoms with Crippen LogP contribution in [-0.2, 0) is 4.74 Å². The SMILES string of the molecule is CC(=O)c1ccc(C#N)c(NCC(c2cccc(F)c2)N2CCOCC2)c1. The molecule has 3 rings (SSSR count). The van der Waals surface area contributed by atoms with E-state index in [-0.39, 0.29) is 17.6 Å². The Morgan fingerprint density at radius 3 is 2.74 bits per heavy atom. The summed E-state index contributed by atoms with van der Waals surface area (Å²) in [5, 5.41) is 12.7. The van der Waals surface area contributed by atoms with Crippen LogP contribution < -0.4 is 5.32 Å². The van der Waals surface area contributed by atoms with Gasteiger partial charge in [0.05, 0.1) is 30.5 Å². The van der Waals surface area contributed by atoms with Crippen LogP contribution in [0.3, 0.4) is 0 Å². The van der Waals surface area contributed by atoms with Gasteiger partial charge >= 0.3 is 0 Å². The molecule has 27 heavy (non-hydrogen) atoms. The average molecular weight is 367 g/mol. The number of carbonyl (C=O) groups is 1. The molecule has 0 amide bonds. The minimum Gasteiger partial charge on any atom is -0.382 e. The third kappa shape index (κ3) is 4.70. The van der Waals surface area contributed by atoms with E-state index in [1.54, 1.807) is 30.3 Å². The first kappa shape index (κ1) is 19.0. The van der Waals surface area contributed by atoms with E-state index in [9.17, 15) is 14.4 Å². The Balaban J connectivity index is 1.85. The zero-order valence-electron chi connectivity index (χ0n) is 15.2. The standard InChI is InChI=1S/C21H22FN3O2/c1-15(26)16-5-6-18(13-23)20(12-16)24-14-21(25-7-9-27-10-8-25)17-3-2-4-19(22)11-17/h2-6,11-12,21,24H,7-10,14H2,1H3. The van der Waals surface area contributed by atoms with Crippen molar-refractivity contribution in [1.29, 1.82) is 5.26 Å². The average Bonchev–Trinajstić information content (AvgIpc) is 2.69. The zero-order valence-corrected chi connectivity index (χ0v) is 15.2. The van der Waals surface area contributed by atoms with Gasteiger partial charge in [-0.2, -0.15) is 5.26 Å². The summed E-state index contributed by atoms with van der Waals surface area (Å²) >= 11 is 0. The zero-order chi connectivity index (χ0) is 19.2. The van der Waals surface area contributed by atoms with Crippen LogP contribution in [0.1, 0.15) is 34.5 Å². The highest BCUT2D eigenvalue weighted by Gasteiger charge is 2.23. The Kier molecular flexibility index (Phi) is 6.17. The summed E-state index contributed by atoms with van der Waals surface area (Å²) in [5.41, 5.74) is 2.50. The van der Waals surface area contributed by atoms with Gasteiger partial charge in [0, 0.05) is 25.2 Å². The van der Waals surface area contributed by atoms with Crippen LogP contribution in [0.15, 0.2) is 42.5 Å². The molecule has 1 saturated heterocycles. The van der Waals surface area contributed by atoms with Crippen LogP contribution in [0, 0.1) is 17.1 Å². The number of carbonyl (C=O) groups excluding carboxylic acids is 1. The van der Waals surface area contributed by atoms with Crippen LogP contribution in [0.5, 0.6) is 0 Å². The molecule has 1 N–H and O–H groups in total. The number of nitrogens with zero attached hydrogens (tertiary/aromatic N) is 2. The lowest BCUT2D eigenvalue weighted by Gasteiger charge is -2.35. The number of anilines is 1. The number of benzene rings is 2. The largest absolute Gasteiger partial charge is 0.382 e. The van der Waals surface area contributed by atoms with E-state index in [1.165, 1.54) is 13.0 Å². The molecular weight excluding hydrogens is 345 g/mol. The number of Topliss-reactive ketones (excluding diaryl/α,β-unsaturated/α-hetero) is 1. The minimum absolute atomic E-state index is 0.0580. The number of ether oxygens (including phenoxy) is 1. The molecule has 0 radical (unpaired) electrons. The number of hydrogen-bond acceptors (Lipinski definition) is 5. The summed E-state index contributed by atoms with van der Waals surface area (Å²) in [4.78, 5) is 13.9. The van der Waals surface area contributed by atoms with Crippen molar-refractivity contribution in [2.45, 2.75) is 13.0 Å². The molecule has 1 atom stereocenters. The predicted molar refractivity (Wildman–Crippen MR) is 101 cm³/mol. The lowest BCUT2D eigenvalue weighted by atomic mass is 10.0. The monoisotopic (exact) mass is 367 g/mol. The van der Waals surface area contributed by atoms with Crippen molar-refractivity contribution >= 4 is 11.5 Å². The van der Waals surface area contributed by atoms with Crippen molar-refractivity contribution < 1.29 is 13.9 Å². The van der Waals surface area contributed by atoms with E-state index in [0.29, 0.717) is 36.6 Å². The second kappa shape index (κ2) is 8.76. The summed E-state index contributed by atoms with van der Waals surface area (Å²) in [7, 11) is 0. The first-order chi connectivity index (χ1) is 13.1. The van der Waals surface area contributed by atoms with Crippen molar-refractivity contribution in [2.75, 3.05) is 38.2 Å². The van der Waals surface area contributed by atoms with Gasteiger partial charge in [-0.15, -0.1) is 0 Å². The van der Waals surface area contributed by atoms with Gasteiger partial charge in [-0.05, 0) is 42.8 Å². The second-order valence-corrected chi connectivity index (χ2v) is 6.53. The molecule has 2 aromatic rings. The van der Waals surface area contributed by atoms with Gasteiger partial charge in [-0.3, -0.25) is 9.69 Å². The topological polar surface area (TPSA) is 65.4 Å². The molecule has 1 unspecified atom stereocenters. The van der Waals surface area contributed by atoms with Gasteiger partial charge in [0.2, 0.25) is 0 Å². The summed E-state index contributed by atoms with van der Waals surface area (Å²) in [6.07, 6.45) is 0. The molecular formula is C21H22FN3O2. The highest BCUT2D eigenvalue weighted by molar-refractivity contribution is 5.95. The lowest BCUT2D eigenvalue weighted by molar-refractivity contribution is 0.0186. The number of morpholine rings is 1. The number of nitrogens with one attached hydrogen (secondary N) is 1. The number of hydrogen-bond donors (Lipinski definition) is 1. The summed E-state index contributed by atoms with van der Waals surface area (Å²) in [6, 6.07) is 13.6. The van der Waals surface area contributed by atoms with Crippen molar-refractivity contribution in [3.05, 3.63) is 65.0 Å². The Morgan fingerprint density at radius 1 is 1.30 bits per heavy atom. The van der Waals surface area contributed by atoms with Gasteiger partial charge in [0.1, 0.15) is 11.9 Å². The van der Waals surface area contributed by atoms with Crippen LogP contribution in [0.4, 0.5) is 10.1 Å². The molecule has 1 aliphatic heterocycles. The molecule has 6 heteroatoms. The Bertz CT molecular complexity index is 857. The molecule has 0 spiro atoms. The maximum absolute atomic E-state index is 13.8. The van der Waals surface area contributed by atoms with E-state index in [0.717, 1.165) is 18.7 Å². The van der Waals surface area contributed by atoms with E-state index in [4.69, 9.17) is 4.74 Å². The summed E-state index contributed by atoms with van der Waals surface area (Å²) < 4.78 is 19.2. The molecule has 5 nitrogen and oxygen atoms in total. The number of halogens is 1. The van der Waals surface area contributed by atoms with Crippen molar-refractivity contribution in [3.63, 3.8) is 0 Å². The highest BCUT2D eigenvalue weighted by Crippen LogP contribution is 2.25. The minimum atomic E-state index is -0.276. The predicted octanol–water partition coefficient (Wildman–Crippen LogP) is 3.39. The maximum atomic E-state index is 13.8. The van der Waals surface area contributed by atoms with Crippen LogP contribution in [-0.4, -0.2) is 43.5 Å². The van der Waals surface area contributed by atoms with Gasteiger partial charge in [-0.25, -0.2) is 4.39 Å². The molecule has 1 heterocycles. The van der Waals surface area contributed by atoms with E-state index in [1.807, 2.05) is 6.07 Å². The first-order valence-electron chi connectivity index (χ1n) is 8.94. The van der Waals surface area contributed by atoms with Crippen molar-refractivity contribution in [1.82, 2.24) is 4.90 Å². The normalized spacial score (nSPS) is 15.7. The number of rotatable bonds is 6. The fourth-order valence-electron chi connectivity index (χ4n) is 3.27. The second-order valence-electron chi connectivity index (χ2n) is 6.53. The fraction of sp³-hybridized carbons (Fsp3) is 0.333. The smallest absolute Gasteiger partial charge is 0.159 e. The quantitative estimate of drug-likeness (QED) is 0.793.